The van der Waals surface area contributed by atoms with Crippen LogP contribution in [-0.2, 0) is 5.41 Å². The van der Waals surface area contributed by atoms with E-state index in [4.69, 9.17) is 4.74 Å². The molecule has 2 heterocycles. The van der Waals surface area contributed by atoms with E-state index < -0.39 is 0 Å². The molecular formula is C20H26N6O. The standard InChI is InChI=1S/C20H26N6O/c1-14(27-16-9-7-15(8-10-16)20(2,3)4)17-11-12-21-19-23-18(24-26(17)19)22-13-25(5)6/h7-14H,1-6H3/t14-/m1/s1. The highest BCUT2D eigenvalue weighted by atomic mass is 16.5. The van der Waals surface area contributed by atoms with E-state index >= 15 is 0 Å². The number of aliphatic imine (C=N–C) groups is 1. The predicted molar refractivity (Wildman–Crippen MR) is 107 cm³/mol. The van der Waals surface area contributed by atoms with Crippen molar-refractivity contribution in [1.82, 2.24) is 24.5 Å². The topological polar surface area (TPSA) is 67.9 Å². The van der Waals surface area contributed by atoms with Gasteiger partial charge in [-0.25, -0.2) is 9.98 Å². The van der Waals surface area contributed by atoms with Gasteiger partial charge in [-0.1, -0.05) is 32.9 Å². The fraction of sp³-hybridized carbons (Fsp3) is 0.400. The minimum Gasteiger partial charge on any atom is -0.484 e. The lowest BCUT2D eigenvalue weighted by molar-refractivity contribution is 0.218. The van der Waals surface area contributed by atoms with Crippen molar-refractivity contribution < 1.29 is 4.74 Å². The molecule has 3 aromatic rings. The van der Waals surface area contributed by atoms with Gasteiger partial charge in [0.05, 0.1) is 12.0 Å². The summed E-state index contributed by atoms with van der Waals surface area (Å²) in [6.07, 6.45) is 3.15. The molecule has 0 fully saturated rings. The molecule has 0 saturated heterocycles. The maximum atomic E-state index is 6.12. The molecule has 0 aliphatic heterocycles. The van der Waals surface area contributed by atoms with Crippen LogP contribution in [0.2, 0.25) is 0 Å². The molecule has 7 heteroatoms. The molecule has 0 bridgehead atoms. The van der Waals surface area contributed by atoms with Crippen LogP contribution in [0.15, 0.2) is 41.5 Å². The molecular weight excluding hydrogens is 340 g/mol. The summed E-state index contributed by atoms with van der Waals surface area (Å²) in [5.41, 5.74) is 2.25. The third-order valence-electron chi connectivity index (χ3n) is 4.11. The molecule has 0 radical (unpaired) electrons. The Bertz CT molecular complexity index is 937. The van der Waals surface area contributed by atoms with Crippen LogP contribution >= 0.6 is 0 Å². The van der Waals surface area contributed by atoms with Gasteiger partial charge in [-0.15, -0.1) is 5.10 Å². The normalized spacial score (nSPS) is 13.3. The van der Waals surface area contributed by atoms with Crippen molar-refractivity contribution in [2.45, 2.75) is 39.2 Å². The van der Waals surface area contributed by atoms with Crippen LogP contribution in [0.4, 0.5) is 5.95 Å². The zero-order valence-corrected chi connectivity index (χ0v) is 16.7. The van der Waals surface area contributed by atoms with E-state index in [1.54, 1.807) is 17.1 Å². The minimum absolute atomic E-state index is 0.117. The summed E-state index contributed by atoms with van der Waals surface area (Å²) in [7, 11) is 3.79. The molecule has 0 unspecified atom stereocenters. The minimum atomic E-state index is -0.219. The van der Waals surface area contributed by atoms with Gasteiger partial charge in [0.2, 0.25) is 0 Å². The Morgan fingerprint density at radius 1 is 1.15 bits per heavy atom. The first-order chi connectivity index (χ1) is 12.7. The number of rotatable bonds is 5. The van der Waals surface area contributed by atoms with Gasteiger partial charge in [0, 0.05) is 20.3 Å². The quantitative estimate of drug-likeness (QED) is 0.508. The Morgan fingerprint density at radius 3 is 2.48 bits per heavy atom. The van der Waals surface area contributed by atoms with E-state index in [1.165, 1.54) is 5.56 Å². The molecule has 0 aliphatic carbocycles. The molecule has 1 aromatic carbocycles. The van der Waals surface area contributed by atoms with Crippen molar-refractivity contribution in [3.8, 4) is 5.75 Å². The average molecular weight is 366 g/mol. The third-order valence-corrected chi connectivity index (χ3v) is 4.11. The molecule has 3 rings (SSSR count). The van der Waals surface area contributed by atoms with Crippen molar-refractivity contribution in [1.29, 1.82) is 0 Å². The number of benzene rings is 1. The zero-order valence-electron chi connectivity index (χ0n) is 16.7. The zero-order chi connectivity index (χ0) is 19.6. The summed E-state index contributed by atoms with van der Waals surface area (Å²) in [6.45, 7) is 8.57. The number of aromatic nitrogens is 4. The molecule has 0 N–H and O–H groups in total. The van der Waals surface area contributed by atoms with Gasteiger partial charge in [-0.3, -0.25) is 0 Å². The highest BCUT2D eigenvalue weighted by molar-refractivity contribution is 5.58. The predicted octanol–water partition coefficient (Wildman–Crippen LogP) is 3.78. The Kier molecular flexibility index (Phi) is 5.12. The van der Waals surface area contributed by atoms with Crippen molar-refractivity contribution in [2.75, 3.05) is 14.1 Å². The van der Waals surface area contributed by atoms with Crippen molar-refractivity contribution in [3.05, 3.63) is 47.8 Å². The molecule has 2 aromatic heterocycles. The number of ether oxygens (including phenoxy) is 1. The second kappa shape index (κ2) is 7.34. The number of hydrogen-bond acceptors (Lipinski definition) is 5. The Labute approximate surface area is 159 Å². The lowest BCUT2D eigenvalue weighted by atomic mass is 9.87. The van der Waals surface area contributed by atoms with E-state index in [1.807, 2.05) is 44.1 Å². The van der Waals surface area contributed by atoms with Gasteiger partial charge < -0.3 is 9.64 Å². The van der Waals surface area contributed by atoms with Gasteiger partial charge in [-0.2, -0.15) is 9.50 Å². The van der Waals surface area contributed by atoms with Crippen LogP contribution in [0.1, 0.15) is 45.1 Å². The molecule has 0 amide bonds. The second-order valence-electron chi connectivity index (χ2n) is 7.74. The molecule has 0 aliphatic rings. The van der Waals surface area contributed by atoms with Gasteiger partial charge in [0.15, 0.2) is 0 Å². The largest absolute Gasteiger partial charge is 0.484 e. The summed E-state index contributed by atoms with van der Waals surface area (Å²) in [6, 6.07) is 10.1. The number of fused-ring (bicyclic) bond motifs is 1. The van der Waals surface area contributed by atoms with Crippen LogP contribution in [-0.4, -0.2) is 44.9 Å². The molecule has 27 heavy (non-hydrogen) atoms. The SMILES string of the molecule is C[C@@H](Oc1ccc(C(C)(C)C)cc1)c1ccnc2nc(N=CN(C)C)nn12. The third kappa shape index (κ3) is 4.42. The summed E-state index contributed by atoms with van der Waals surface area (Å²) in [5, 5.41) is 4.43. The summed E-state index contributed by atoms with van der Waals surface area (Å²) >= 11 is 0. The lowest BCUT2D eigenvalue weighted by Gasteiger charge is -2.20. The summed E-state index contributed by atoms with van der Waals surface area (Å²) in [5.74, 6) is 1.67. The van der Waals surface area contributed by atoms with E-state index in [9.17, 15) is 0 Å². The second-order valence-corrected chi connectivity index (χ2v) is 7.74. The van der Waals surface area contributed by atoms with E-state index in [2.05, 4.69) is 53.0 Å². The molecule has 0 spiro atoms. The van der Waals surface area contributed by atoms with Crippen molar-refractivity contribution >= 4 is 18.1 Å². The molecule has 1 atom stereocenters. The highest BCUT2D eigenvalue weighted by Crippen LogP contribution is 2.27. The maximum Gasteiger partial charge on any atom is 0.272 e. The molecule has 142 valence electrons. The maximum absolute atomic E-state index is 6.12. The first kappa shape index (κ1) is 18.8. The Balaban J connectivity index is 1.84. The fourth-order valence-corrected chi connectivity index (χ4v) is 2.63. The van der Waals surface area contributed by atoms with E-state index in [0.717, 1.165) is 11.4 Å². The van der Waals surface area contributed by atoms with Crippen molar-refractivity contribution in [3.63, 3.8) is 0 Å². The number of nitrogens with zero attached hydrogens (tertiary/aromatic N) is 6. The van der Waals surface area contributed by atoms with Gasteiger partial charge >= 0.3 is 0 Å². The van der Waals surface area contributed by atoms with Crippen LogP contribution in [0.5, 0.6) is 5.75 Å². The smallest absolute Gasteiger partial charge is 0.272 e. The van der Waals surface area contributed by atoms with Gasteiger partial charge in [0.1, 0.15) is 11.9 Å². The monoisotopic (exact) mass is 366 g/mol. The first-order valence-electron chi connectivity index (χ1n) is 8.93. The lowest BCUT2D eigenvalue weighted by Crippen LogP contribution is -2.12. The van der Waals surface area contributed by atoms with E-state index in [-0.39, 0.29) is 11.5 Å². The summed E-state index contributed by atoms with van der Waals surface area (Å²) in [4.78, 5) is 14.7. The number of hydrogen-bond donors (Lipinski definition) is 0. The van der Waals surface area contributed by atoms with Crippen LogP contribution < -0.4 is 4.74 Å². The van der Waals surface area contributed by atoms with E-state index in [0.29, 0.717) is 11.7 Å². The molecule has 7 nitrogen and oxygen atoms in total. The van der Waals surface area contributed by atoms with Crippen LogP contribution in [0, 0.1) is 0 Å². The van der Waals surface area contributed by atoms with Gasteiger partial charge in [0.25, 0.3) is 11.7 Å². The summed E-state index contributed by atoms with van der Waals surface area (Å²) < 4.78 is 7.80. The van der Waals surface area contributed by atoms with Crippen LogP contribution in [0.25, 0.3) is 5.78 Å². The van der Waals surface area contributed by atoms with Crippen molar-refractivity contribution in [2.24, 2.45) is 4.99 Å². The highest BCUT2D eigenvalue weighted by Gasteiger charge is 2.16. The average Bonchev–Trinajstić information content (AvgIpc) is 3.02. The fourth-order valence-electron chi connectivity index (χ4n) is 2.63. The molecule has 0 saturated carbocycles. The first-order valence-corrected chi connectivity index (χ1v) is 8.93. The Morgan fingerprint density at radius 2 is 1.85 bits per heavy atom. The Hall–Kier alpha value is -2.96. The van der Waals surface area contributed by atoms with Crippen LogP contribution in [0.3, 0.4) is 0 Å². The van der Waals surface area contributed by atoms with Gasteiger partial charge in [-0.05, 0) is 36.1 Å².